The lowest BCUT2D eigenvalue weighted by Gasteiger charge is -2.08. The maximum absolute atomic E-state index is 11.0. The van der Waals surface area contributed by atoms with E-state index in [2.05, 4.69) is 17.4 Å². The van der Waals surface area contributed by atoms with Gasteiger partial charge in [-0.25, -0.2) is 0 Å². The predicted molar refractivity (Wildman–Crippen MR) is 81.1 cm³/mol. The topological polar surface area (TPSA) is 55.2 Å². The molecule has 0 aliphatic rings. The highest BCUT2D eigenvalue weighted by Gasteiger charge is 2.12. The Hall–Kier alpha value is -2.36. The molecule has 0 saturated carbocycles. The summed E-state index contributed by atoms with van der Waals surface area (Å²) in [6.07, 6.45) is 1.56. The highest BCUT2D eigenvalue weighted by Crippen LogP contribution is 2.23. The fourth-order valence-corrected chi connectivity index (χ4v) is 2.14. The van der Waals surface area contributed by atoms with E-state index in [1.807, 2.05) is 37.3 Å². The van der Waals surface area contributed by atoms with Crippen LogP contribution in [0.5, 0.6) is 0 Å². The van der Waals surface area contributed by atoms with E-state index in [4.69, 9.17) is 0 Å². The molecule has 0 radical (unpaired) electrons. The van der Waals surface area contributed by atoms with Crippen LogP contribution in [0.25, 0.3) is 0 Å². The van der Waals surface area contributed by atoms with Crippen LogP contribution < -0.4 is 5.32 Å². The summed E-state index contributed by atoms with van der Waals surface area (Å²) in [5, 5.41) is 14.2. The van der Waals surface area contributed by atoms with Gasteiger partial charge in [0.05, 0.1) is 4.92 Å². The SMILES string of the molecule is CCc1ccc(NCCc2ccccc2)cc1[N+](=O)[O-]. The second-order valence-electron chi connectivity index (χ2n) is 4.62. The summed E-state index contributed by atoms with van der Waals surface area (Å²) < 4.78 is 0. The third kappa shape index (κ3) is 3.57. The minimum Gasteiger partial charge on any atom is -0.385 e. The van der Waals surface area contributed by atoms with Crippen molar-refractivity contribution in [3.8, 4) is 0 Å². The van der Waals surface area contributed by atoms with Crippen LogP contribution >= 0.6 is 0 Å². The molecule has 0 saturated heterocycles. The van der Waals surface area contributed by atoms with Crippen molar-refractivity contribution in [2.75, 3.05) is 11.9 Å². The molecule has 2 rings (SSSR count). The lowest BCUT2D eigenvalue weighted by molar-refractivity contribution is -0.385. The van der Waals surface area contributed by atoms with Gasteiger partial charge in [0.25, 0.3) is 5.69 Å². The maximum Gasteiger partial charge on any atom is 0.274 e. The molecule has 0 heterocycles. The molecule has 4 heteroatoms. The predicted octanol–water partition coefficient (Wildman–Crippen LogP) is 3.81. The van der Waals surface area contributed by atoms with Crippen molar-refractivity contribution in [3.05, 3.63) is 69.8 Å². The number of nitro groups is 1. The van der Waals surface area contributed by atoms with E-state index in [-0.39, 0.29) is 10.6 Å². The van der Waals surface area contributed by atoms with Crippen molar-refractivity contribution in [2.24, 2.45) is 0 Å². The summed E-state index contributed by atoms with van der Waals surface area (Å²) in [5.41, 5.74) is 3.00. The molecular formula is C16H18N2O2. The molecule has 0 fully saturated rings. The third-order valence-corrected chi connectivity index (χ3v) is 3.25. The number of nitro benzene ring substituents is 1. The van der Waals surface area contributed by atoms with Crippen molar-refractivity contribution in [2.45, 2.75) is 19.8 Å². The van der Waals surface area contributed by atoms with E-state index in [1.165, 1.54) is 5.56 Å². The molecule has 4 nitrogen and oxygen atoms in total. The molecule has 0 aromatic heterocycles. The summed E-state index contributed by atoms with van der Waals surface area (Å²) >= 11 is 0. The van der Waals surface area contributed by atoms with E-state index in [1.54, 1.807) is 6.07 Å². The lowest BCUT2D eigenvalue weighted by Crippen LogP contribution is -2.05. The Kier molecular flexibility index (Phi) is 4.71. The number of rotatable bonds is 6. The smallest absolute Gasteiger partial charge is 0.274 e. The van der Waals surface area contributed by atoms with Gasteiger partial charge in [0, 0.05) is 23.9 Å². The van der Waals surface area contributed by atoms with Gasteiger partial charge < -0.3 is 5.32 Å². The second-order valence-corrected chi connectivity index (χ2v) is 4.62. The minimum absolute atomic E-state index is 0.192. The Bertz CT molecular complexity index is 582. The molecule has 0 bridgehead atoms. The Labute approximate surface area is 118 Å². The largest absolute Gasteiger partial charge is 0.385 e. The summed E-state index contributed by atoms with van der Waals surface area (Å²) in [4.78, 5) is 10.7. The van der Waals surface area contributed by atoms with E-state index < -0.39 is 0 Å². The summed E-state index contributed by atoms with van der Waals surface area (Å²) in [6, 6.07) is 15.5. The van der Waals surface area contributed by atoms with Gasteiger partial charge in [-0.1, -0.05) is 43.3 Å². The third-order valence-electron chi connectivity index (χ3n) is 3.25. The van der Waals surface area contributed by atoms with Gasteiger partial charge in [-0.2, -0.15) is 0 Å². The number of nitrogens with zero attached hydrogens (tertiary/aromatic N) is 1. The van der Waals surface area contributed by atoms with Gasteiger partial charge in [0.2, 0.25) is 0 Å². The van der Waals surface area contributed by atoms with E-state index in [0.717, 1.165) is 24.2 Å². The van der Waals surface area contributed by atoms with Crippen LogP contribution in [0.3, 0.4) is 0 Å². The average molecular weight is 270 g/mol. The van der Waals surface area contributed by atoms with Gasteiger partial charge in [0.1, 0.15) is 0 Å². The molecule has 2 aromatic rings. The zero-order valence-electron chi connectivity index (χ0n) is 11.5. The van der Waals surface area contributed by atoms with Crippen LogP contribution in [-0.2, 0) is 12.8 Å². The highest BCUT2D eigenvalue weighted by molar-refractivity contribution is 5.55. The zero-order valence-corrected chi connectivity index (χ0v) is 11.5. The first-order valence-electron chi connectivity index (χ1n) is 6.76. The molecule has 104 valence electrons. The van der Waals surface area contributed by atoms with Crippen molar-refractivity contribution < 1.29 is 4.92 Å². The van der Waals surface area contributed by atoms with Gasteiger partial charge in [-0.3, -0.25) is 10.1 Å². The number of hydrogen-bond acceptors (Lipinski definition) is 3. The number of benzene rings is 2. The molecule has 2 aromatic carbocycles. The second kappa shape index (κ2) is 6.70. The molecule has 0 atom stereocenters. The van der Waals surface area contributed by atoms with Gasteiger partial charge in [-0.05, 0) is 24.5 Å². The normalized spacial score (nSPS) is 10.2. The van der Waals surface area contributed by atoms with Crippen molar-refractivity contribution in [3.63, 3.8) is 0 Å². The fraction of sp³-hybridized carbons (Fsp3) is 0.250. The van der Waals surface area contributed by atoms with Crippen LogP contribution in [-0.4, -0.2) is 11.5 Å². The molecule has 0 amide bonds. The van der Waals surface area contributed by atoms with Crippen LogP contribution in [0.4, 0.5) is 11.4 Å². The Morgan fingerprint density at radius 2 is 1.90 bits per heavy atom. The molecule has 1 N–H and O–H groups in total. The van der Waals surface area contributed by atoms with Gasteiger partial charge >= 0.3 is 0 Å². The Morgan fingerprint density at radius 1 is 1.15 bits per heavy atom. The first-order valence-corrected chi connectivity index (χ1v) is 6.76. The number of anilines is 1. The summed E-state index contributed by atoms with van der Waals surface area (Å²) in [7, 11) is 0. The van der Waals surface area contributed by atoms with Crippen LogP contribution in [0, 0.1) is 10.1 Å². The Morgan fingerprint density at radius 3 is 2.55 bits per heavy atom. The van der Waals surface area contributed by atoms with Crippen LogP contribution in [0.15, 0.2) is 48.5 Å². The first-order chi connectivity index (χ1) is 9.70. The number of hydrogen-bond donors (Lipinski definition) is 1. The molecule has 0 aliphatic heterocycles. The van der Waals surface area contributed by atoms with Crippen LogP contribution in [0.2, 0.25) is 0 Å². The van der Waals surface area contributed by atoms with Gasteiger partial charge in [-0.15, -0.1) is 0 Å². The number of nitrogens with one attached hydrogen (secondary N) is 1. The average Bonchev–Trinajstić information content (AvgIpc) is 2.48. The number of aryl methyl sites for hydroxylation is 1. The fourth-order valence-electron chi connectivity index (χ4n) is 2.14. The van der Waals surface area contributed by atoms with E-state index in [0.29, 0.717) is 6.42 Å². The van der Waals surface area contributed by atoms with Crippen molar-refractivity contribution in [1.29, 1.82) is 0 Å². The van der Waals surface area contributed by atoms with Crippen LogP contribution in [0.1, 0.15) is 18.1 Å². The highest BCUT2D eigenvalue weighted by atomic mass is 16.6. The minimum atomic E-state index is -0.318. The maximum atomic E-state index is 11.0. The quantitative estimate of drug-likeness (QED) is 0.641. The molecule has 0 unspecified atom stereocenters. The molecule has 20 heavy (non-hydrogen) atoms. The standard InChI is InChI=1S/C16H18N2O2/c1-2-14-8-9-15(12-16(14)18(19)20)17-11-10-13-6-4-3-5-7-13/h3-9,12,17H,2,10-11H2,1H3. The molecule has 0 spiro atoms. The summed E-state index contributed by atoms with van der Waals surface area (Å²) in [6.45, 7) is 2.68. The monoisotopic (exact) mass is 270 g/mol. The molecule has 0 aliphatic carbocycles. The van der Waals surface area contributed by atoms with Gasteiger partial charge in [0.15, 0.2) is 0 Å². The zero-order chi connectivity index (χ0) is 14.4. The van der Waals surface area contributed by atoms with E-state index in [9.17, 15) is 10.1 Å². The summed E-state index contributed by atoms with van der Waals surface area (Å²) in [5.74, 6) is 0. The van der Waals surface area contributed by atoms with Crippen molar-refractivity contribution >= 4 is 11.4 Å². The first kappa shape index (κ1) is 14.1. The Balaban J connectivity index is 1.99. The van der Waals surface area contributed by atoms with Crippen molar-refractivity contribution in [1.82, 2.24) is 0 Å². The van der Waals surface area contributed by atoms with E-state index >= 15 is 0 Å². The molecular weight excluding hydrogens is 252 g/mol. The lowest BCUT2D eigenvalue weighted by atomic mass is 10.1.